The molecule has 1 atom stereocenters. The van der Waals surface area contributed by atoms with Gasteiger partial charge in [0.15, 0.2) is 0 Å². The van der Waals surface area contributed by atoms with Crippen molar-refractivity contribution in [2.75, 3.05) is 26.4 Å². The predicted octanol–water partition coefficient (Wildman–Crippen LogP) is 1.08. The number of pyridine rings is 1. The fourth-order valence-electron chi connectivity index (χ4n) is 1.49. The van der Waals surface area contributed by atoms with Crippen molar-refractivity contribution in [1.29, 1.82) is 0 Å². The van der Waals surface area contributed by atoms with Gasteiger partial charge in [-0.05, 0) is 6.07 Å². The van der Waals surface area contributed by atoms with Crippen LogP contribution in [0.4, 0.5) is 0 Å². The van der Waals surface area contributed by atoms with Gasteiger partial charge >= 0.3 is 0 Å². The van der Waals surface area contributed by atoms with Gasteiger partial charge in [-0.1, -0.05) is 23.2 Å². The smallest absolute Gasteiger partial charge is 0.242 e. The van der Waals surface area contributed by atoms with Gasteiger partial charge in [-0.25, -0.2) is 18.1 Å². The molecule has 19 heavy (non-hydrogen) atoms. The second-order valence-electron chi connectivity index (χ2n) is 3.86. The topological polar surface area (TPSA) is 77.5 Å². The van der Waals surface area contributed by atoms with Crippen LogP contribution in [-0.4, -0.2) is 45.9 Å². The number of halogens is 2. The first kappa shape index (κ1) is 15.0. The summed E-state index contributed by atoms with van der Waals surface area (Å²) in [6.07, 6.45) is 0.855. The average Bonchev–Trinajstić information content (AvgIpc) is 2.41. The van der Waals surface area contributed by atoms with Gasteiger partial charge in [0.1, 0.15) is 10.0 Å². The Morgan fingerprint density at radius 3 is 2.84 bits per heavy atom. The van der Waals surface area contributed by atoms with E-state index in [1.807, 2.05) is 0 Å². The monoisotopic (exact) mass is 326 g/mol. The van der Waals surface area contributed by atoms with Crippen molar-refractivity contribution in [3.8, 4) is 0 Å². The van der Waals surface area contributed by atoms with Crippen molar-refractivity contribution in [3.63, 3.8) is 0 Å². The van der Waals surface area contributed by atoms with E-state index < -0.39 is 10.0 Å². The van der Waals surface area contributed by atoms with Crippen LogP contribution in [0.15, 0.2) is 17.2 Å². The molecular formula is C10H12Cl2N2O4S. The Kier molecular flexibility index (Phi) is 4.99. The Morgan fingerprint density at radius 2 is 2.21 bits per heavy atom. The fourth-order valence-corrected chi connectivity index (χ4v) is 2.86. The summed E-state index contributed by atoms with van der Waals surface area (Å²) >= 11 is 11.4. The number of aromatic nitrogens is 1. The lowest BCUT2D eigenvalue weighted by Crippen LogP contribution is -2.39. The Balaban J connectivity index is 2.02. The lowest BCUT2D eigenvalue weighted by atomic mass is 10.3. The molecule has 0 aromatic carbocycles. The average molecular weight is 327 g/mol. The Bertz CT molecular complexity index is 546. The largest absolute Gasteiger partial charge is 0.376 e. The van der Waals surface area contributed by atoms with E-state index in [0.717, 1.165) is 6.20 Å². The summed E-state index contributed by atoms with van der Waals surface area (Å²) in [5.41, 5.74) is 0. The van der Waals surface area contributed by atoms with Crippen LogP contribution in [0.5, 0.6) is 0 Å². The lowest BCUT2D eigenvalue weighted by Gasteiger charge is -2.23. The number of sulfonamides is 1. The Hall–Kier alpha value is -0.440. The van der Waals surface area contributed by atoms with E-state index in [1.165, 1.54) is 6.07 Å². The van der Waals surface area contributed by atoms with Gasteiger partial charge in [0.25, 0.3) is 0 Å². The number of nitrogens with one attached hydrogen (secondary N) is 1. The van der Waals surface area contributed by atoms with Crippen LogP contribution in [0, 0.1) is 0 Å². The van der Waals surface area contributed by atoms with Gasteiger partial charge in [0.05, 0.1) is 30.9 Å². The highest BCUT2D eigenvalue weighted by Crippen LogP contribution is 2.21. The van der Waals surface area contributed by atoms with Crippen molar-refractivity contribution in [2.24, 2.45) is 0 Å². The Morgan fingerprint density at radius 1 is 1.42 bits per heavy atom. The summed E-state index contributed by atoms with van der Waals surface area (Å²) < 4.78 is 36.9. The standard InChI is InChI=1S/C10H12Cl2N2O4S/c11-9-3-8(5-13-10(9)12)19(15,16)14-4-7-6-17-1-2-18-7/h3,5,7,14H,1-2,4,6H2. The van der Waals surface area contributed by atoms with Gasteiger partial charge < -0.3 is 9.47 Å². The molecule has 2 rings (SSSR count). The van der Waals surface area contributed by atoms with Crippen LogP contribution in [-0.2, 0) is 19.5 Å². The van der Waals surface area contributed by atoms with E-state index >= 15 is 0 Å². The summed E-state index contributed by atoms with van der Waals surface area (Å²) in [6, 6.07) is 1.25. The molecule has 106 valence electrons. The van der Waals surface area contributed by atoms with Gasteiger partial charge in [0.2, 0.25) is 10.0 Å². The summed E-state index contributed by atoms with van der Waals surface area (Å²) in [6.45, 7) is 1.48. The highest BCUT2D eigenvalue weighted by molar-refractivity contribution is 7.89. The van der Waals surface area contributed by atoms with Crippen LogP contribution in [0.1, 0.15) is 0 Å². The van der Waals surface area contributed by atoms with Crippen LogP contribution >= 0.6 is 23.2 Å². The molecule has 1 fully saturated rings. The zero-order chi connectivity index (χ0) is 13.9. The molecule has 1 aromatic heterocycles. The van der Waals surface area contributed by atoms with Crippen LogP contribution in [0.25, 0.3) is 0 Å². The van der Waals surface area contributed by atoms with Crippen LogP contribution < -0.4 is 4.72 Å². The highest BCUT2D eigenvalue weighted by Gasteiger charge is 2.20. The normalized spacial score (nSPS) is 20.4. The van der Waals surface area contributed by atoms with Crippen LogP contribution in [0.3, 0.4) is 0 Å². The molecule has 6 nitrogen and oxygen atoms in total. The van der Waals surface area contributed by atoms with Gasteiger partial charge in [-0.2, -0.15) is 0 Å². The van der Waals surface area contributed by atoms with Crippen LogP contribution in [0.2, 0.25) is 10.2 Å². The summed E-state index contributed by atoms with van der Waals surface area (Å²) in [7, 11) is -3.69. The van der Waals surface area contributed by atoms with Gasteiger partial charge in [-0.3, -0.25) is 0 Å². The first-order valence-corrected chi connectivity index (χ1v) is 7.73. The fraction of sp³-hybridized carbons (Fsp3) is 0.500. The quantitative estimate of drug-likeness (QED) is 0.838. The van der Waals surface area contributed by atoms with E-state index in [1.54, 1.807) is 0 Å². The Labute approximate surface area is 121 Å². The zero-order valence-electron chi connectivity index (χ0n) is 9.80. The minimum Gasteiger partial charge on any atom is -0.376 e. The van der Waals surface area contributed by atoms with Crippen molar-refractivity contribution in [1.82, 2.24) is 9.71 Å². The minimum atomic E-state index is -3.69. The molecule has 0 radical (unpaired) electrons. The number of rotatable bonds is 4. The summed E-state index contributed by atoms with van der Waals surface area (Å²) in [4.78, 5) is 3.66. The van der Waals surface area contributed by atoms with Crippen molar-refractivity contribution >= 4 is 33.2 Å². The first-order chi connectivity index (χ1) is 8.99. The molecule has 0 bridgehead atoms. The lowest BCUT2D eigenvalue weighted by molar-refractivity contribution is -0.0846. The predicted molar refractivity (Wildman–Crippen MR) is 70.0 cm³/mol. The third kappa shape index (κ3) is 4.01. The highest BCUT2D eigenvalue weighted by atomic mass is 35.5. The molecule has 0 amide bonds. The summed E-state index contributed by atoms with van der Waals surface area (Å²) in [5.74, 6) is 0. The van der Waals surface area contributed by atoms with Gasteiger partial charge in [-0.15, -0.1) is 0 Å². The number of hydrogen-bond acceptors (Lipinski definition) is 5. The number of nitrogens with zero attached hydrogens (tertiary/aromatic N) is 1. The molecular weight excluding hydrogens is 315 g/mol. The molecule has 0 aliphatic carbocycles. The molecule has 0 spiro atoms. The first-order valence-electron chi connectivity index (χ1n) is 5.49. The van der Waals surface area contributed by atoms with Crippen molar-refractivity contribution in [3.05, 3.63) is 22.4 Å². The molecule has 1 N–H and O–H groups in total. The number of ether oxygens (including phenoxy) is 2. The van der Waals surface area contributed by atoms with E-state index in [-0.39, 0.29) is 27.7 Å². The van der Waals surface area contributed by atoms with E-state index in [9.17, 15) is 8.42 Å². The molecule has 0 saturated carbocycles. The summed E-state index contributed by atoms with van der Waals surface area (Å²) in [5, 5.41) is 0.145. The minimum absolute atomic E-state index is 0.0429. The maximum Gasteiger partial charge on any atom is 0.242 e. The second-order valence-corrected chi connectivity index (χ2v) is 6.40. The SMILES string of the molecule is O=S(=O)(NCC1COCCO1)c1cnc(Cl)c(Cl)c1. The second kappa shape index (κ2) is 6.34. The molecule has 1 saturated heterocycles. The maximum absolute atomic E-state index is 12.0. The van der Waals surface area contributed by atoms with Crippen molar-refractivity contribution < 1.29 is 17.9 Å². The third-order valence-corrected chi connectivity index (χ3v) is 4.54. The van der Waals surface area contributed by atoms with Crippen molar-refractivity contribution in [2.45, 2.75) is 11.0 Å². The molecule has 9 heteroatoms. The van der Waals surface area contributed by atoms with E-state index in [4.69, 9.17) is 32.7 Å². The number of hydrogen-bond donors (Lipinski definition) is 1. The molecule has 1 aliphatic rings. The maximum atomic E-state index is 12.0. The molecule has 1 aromatic rings. The van der Waals surface area contributed by atoms with Gasteiger partial charge in [0, 0.05) is 12.7 Å². The molecule has 1 unspecified atom stereocenters. The van der Waals surface area contributed by atoms with E-state index in [2.05, 4.69) is 9.71 Å². The van der Waals surface area contributed by atoms with E-state index in [0.29, 0.717) is 19.8 Å². The third-order valence-electron chi connectivity index (χ3n) is 2.47. The molecule has 2 heterocycles. The molecule has 1 aliphatic heterocycles. The zero-order valence-corrected chi connectivity index (χ0v) is 12.1.